The molecule has 9 nitrogen and oxygen atoms in total. The van der Waals surface area contributed by atoms with Gasteiger partial charge in [0.15, 0.2) is 0 Å². The second kappa shape index (κ2) is 11.3. The van der Waals surface area contributed by atoms with Crippen molar-refractivity contribution in [2.24, 2.45) is 5.73 Å². The maximum Gasteiger partial charge on any atom is 0.451 e. The number of likely N-dealkylation sites (tertiary alicyclic amines) is 1. The van der Waals surface area contributed by atoms with Crippen molar-refractivity contribution in [3.8, 4) is 0 Å². The van der Waals surface area contributed by atoms with Gasteiger partial charge in [0.2, 0.25) is 0 Å². The summed E-state index contributed by atoms with van der Waals surface area (Å²) in [5.74, 6) is -1.03. The van der Waals surface area contributed by atoms with Crippen molar-refractivity contribution in [2.45, 2.75) is 56.9 Å². The molecule has 1 unspecified atom stereocenters. The van der Waals surface area contributed by atoms with Crippen molar-refractivity contribution in [3.63, 3.8) is 0 Å². The highest BCUT2D eigenvalue weighted by molar-refractivity contribution is 6.40. The third-order valence-corrected chi connectivity index (χ3v) is 5.46. The fraction of sp³-hybridized carbons (Fsp3) is 0.600. The van der Waals surface area contributed by atoms with Crippen molar-refractivity contribution < 1.29 is 24.7 Å². The Kier molecular flexibility index (Phi) is 9.10. The Hall–Kier alpha value is -2.14. The molecule has 1 aliphatic rings. The third-order valence-electron chi connectivity index (χ3n) is 5.46. The fourth-order valence-corrected chi connectivity index (χ4v) is 3.56. The molecule has 166 valence electrons. The Morgan fingerprint density at radius 1 is 1.17 bits per heavy atom. The van der Waals surface area contributed by atoms with E-state index in [1.807, 2.05) is 31.2 Å². The number of amides is 2. The third kappa shape index (κ3) is 7.94. The monoisotopic (exact) mass is 420 g/mol. The molecule has 1 aromatic carbocycles. The lowest BCUT2D eigenvalue weighted by molar-refractivity contribution is -0.144. The summed E-state index contributed by atoms with van der Waals surface area (Å²) in [6.07, 6.45) is 2.58. The quantitative estimate of drug-likeness (QED) is 0.218. The number of aliphatic carboxylic acids is 1. The van der Waals surface area contributed by atoms with Crippen molar-refractivity contribution in [1.82, 2.24) is 10.2 Å². The molecule has 2 rings (SSSR count). The summed E-state index contributed by atoms with van der Waals surface area (Å²) in [4.78, 5) is 25.8. The van der Waals surface area contributed by atoms with E-state index in [9.17, 15) is 14.7 Å². The van der Waals surface area contributed by atoms with Gasteiger partial charge in [0, 0.05) is 18.8 Å². The van der Waals surface area contributed by atoms with E-state index in [4.69, 9.17) is 15.8 Å². The van der Waals surface area contributed by atoms with Crippen LogP contribution >= 0.6 is 0 Å². The molecule has 0 radical (unpaired) electrons. The number of nitrogens with two attached hydrogens (primary N) is 1. The second-order valence-electron chi connectivity index (χ2n) is 8.21. The Balaban J connectivity index is 1.62. The van der Waals surface area contributed by atoms with E-state index in [1.165, 1.54) is 0 Å². The Labute approximate surface area is 177 Å². The number of unbranched alkanes of at least 4 members (excludes halogenated alkanes) is 1. The minimum absolute atomic E-state index is 0.0717. The highest BCUT2D eigenvalue weighted by Crippen LogP contribution is 2.21. The smallest absolute Gasteiger partial charge is 0.451 e. The highest BCUT2D eigenvalue weighted by Gasteiger charge is 2.34. The largest absolute Gasteiger partial charge is 0.480 e. The molecule has 1 atom stereocenters. The lowest BCUT2D eigenvalue weighted by Crippen LogP contribution is -2.60. The average molecular weight is 420 g/mol. The molecule has 2 amide bonds. The summed E-state index contributed by atoms with van der Waals surface area (Å²) < 4.78 is 0. The van der Waals surface area contributed by atoms with E-state index in [1.54, 1.807) is 0 Å². The normalized spacial score (nSPS) is 16.4. The van der Waals surface area contributed by atoms with Crippen molar-refractivity contribution >= 4 is 24.8 Å². The van der Waals surface area contributed by atoms with Gasteiger partial charge in [-0.05, 0) is 51.2 Å². The summed E-state index contributed by atoms with van der Waals surface area (Å²) in [6, 6.07) is 7.42. The molecule has 0 aromatic heterocycles. The number of nitrogens with zero attached hydrogens (tertiary/aromatic N) is 1. The van der Waals surface area contributed by atoms with Gasteiger partial charge >= 0.3 is 19.1 Å². The van der Waals surface area contributed by atoms with Crippen LogP contribution in [0.3, 0.4) is 0 Å². The van der Waals surface area contributed by atoms with Crippen LogP contribution in [0.1, 0.15) is 37.7 Å². The molecule has 1 saturated heterocycles. The van der Waals surface area contributed by atoms with E-state index >= 15 is 0 Å². The molecule has 0 saturated carbocycles. The van der Waals surface area contributed by atoms with E-state index in [0.717, 1.165) is 30.9 Å². The molecule has 1 aromatic rings. The van der Waals surface area contributed by atoms with Crippen LogP contribution in [0.25, 0.3) is 0 Å². The zero-order valence-electron chi connectivity index (χ0n) is 17.5. The van der Waals surface area contributed by atoms with Crippen LogP contribution in [0, 0.1) is 6.92 Å². The maximum atomic E-state index is 12.0. The van der Waals surface area contributed by atoms with Crippen LogP contribution in [-0.4, -0.2) is 70.4 Å². The number of benzene rings is 1. The second-order valence-corrected chi connectivity index (χ2v) is 8.21. The number of carboxylic acids is 1. The number of aryl methyl sites for hydroxylation is 1. The number of hydrogen-bond donors (Lipinski definition) is 6. The van der Waals surface area contributed by atoms with Crippen LogP contribution < -0.4 is 16.4 Å². The van der Waals surface area contributed by atoms with Gasteiger partial charge < -0.3 is 31.5 Å². The highest BCUT2D eigenvalue weighted by atomic mass is 16.4. The lowest BCUT2D eigenvalue weighted by Gasteiger charge is -2.40. The number of rotatable bonds is 12. The molecule has 0 aliphatic carbocycles. The van der Waals surface area contributed by atoms with Crippen molar-refractivity contribution in [3.05, 3.63) is 29.8 Å². The predicted octanol–water partition coefficient (Wildman–Crippen LogP) is 1.01. The molecule has 30 heavy (non-hydrogen) atoms. The van der Waals surface area contributed by atoms with Gasteiger partial charge in [-0.1, -0.05) is 30.5 Å². The first-order valence-electron chi connectivity index (χ1n) is 10.4. The van der Waals surface area contributed by atoms with Gasteiger partial charge in [-0.15, -0.1) is 0 Å². The molecule has 1 aliphatic heterocycles. The Bertz CT molecular complexity index is 697. The first-order valence-corrected chi connectivity index (χ1v) is 10.4. The van der Waals surface area contributed by atoms with Gasteiger partial charge in [0.25, 0.3) is 0 Å². The van der Waals surface area contributed by atoms with E-state index in [2.05, 4.69) is 15.5 Å². The molecule has 0 spiro atoms. The Morgan fingerprint density at radius 3 is 2.40 bits per heavy atom. The average Bonchev–Trinajstić information content (AvgIpc) is 2.64. The lowest BCUT2D eigenvalue weighted by atomic mass is 9.81. The number of nitrogens with one attached hydrogen (secondary N) is 2. The summed E-state index contributed by atoms with van der Waals surface area (Å²) in [5, 5.41) is 32.9. The van der Waals surface area contributed by atoms with Gasteiger partial charge in [-0.25, -0.2) is 4.79 Å². The zero-order valence-corrected chi connectivity index (χ0v) is 17.5. The number of carboxylic acid groups (broad SMARTS) is 1. The summed E-state index contributed by atoms with van der Waals surface area (Å²) in [6.45, 7) is 4.15. The van der Waals surface area contributed by atoms with Crippen LogP contribution in [0.4, 0.5) is 10.5 Å². The van der Waals surface area contributed by atoms with Crippen molar-refractivity contribution in [2.75, 3.05) is 25.0 Å². The molecule has 1 fully saturated rings. The number of urea groups is 1. The van der Waals surface area contributed by atoms with E-state index < -0.39 is 18.6 Å². The van der Waals surface area contributed by atoms with Crippen LogP contribution in [0.2, 0.25) is 6.32 Å². The molecule has 1 heterocycles. The SMILES string of the molecule is Cc1ccc(NC(=O)NC2CN(CCCC(N)(CCCCB(O)O)C(=O)O)C2)cc1. The van der Waals surface area contributed by atoms with Crippen molar-refractivity contribution in [1.29, 1.82) is 0 Å². The molecule has 7 N–H and O–H groups in total. The first-order chi connectivity index (χ1) is 14.2. The Morgan fingerprint density at radius 2 is 1.80 bits per heavy atom. The van der Waals surface area contributed by atoms with E-state index in [0.29, 0.717) is 32.1 Å². The fourth-order valence-electron chi connectivity index (χ4n) is 3.56. The minimum atomic E-state index is -1.37. The number of carbonyl (C=O) groups is 2. The van der Waals surface area contributed by atoms with Crippen LogP contribution in [-0.2, 0) is 4.79 Å². The molecule has 0 bridgehead atoms. The van der Waals surface area contributed by atoms with Crippen LogP contribution in [0.5, 0.6) is 0 Å². The standard InChI is InChI=1S/C20H33BN4O5/c1-15-5-7-16(8-6-15)23-19(28)24-17-13-25(14-17)12-4-10-20(22,18(26)27)9-2-3-11-21(29)30/h5-8,17,29-30H,2-4,9-14,22H2,1H3,(H,26,27)(H2,23,24,28). The number of carbonyl (C=O) groups excluding carboxylic acids is 1. The number of anilines is 1. The van der Waals surface area contributed by atoms with Gasteiger partial charge in [0.05, 0.1) is 6.04 Å². The summed E-state index contributed by atoms with van der Waals surface area (Å²) >= 11 is 0. The van der Waals surface area contributed by atoms with Crippen LogP contribution in [0.15, 0.2) is 24.3 Å². The minimum Gasteiger partial charge on any atom is -0.480 e. The molecular weight excluding hydrogens is 387 g/mol. The van der Waals surface area contributed by atoms with E-state index in [-0.39, 0.29) is 18.4 Å². The zero-order chi connectivity index (χ0) is 22.1. The number of hydrogen-bond acceptors (Lipinski definition) is 6. The topological polar surface area (TPSA) is 148 Å². The van der Waals surface area contributed by atoms with Gasteiger partial charge in [-0.3, -0.25) is 9.69 Å². The summed E-state index contributed by atoms with van der Waals surface area (Å²) in [7, 11) is -1.37. The first kappa shape index (κ1) is 24.1. The van der Waals surface area contributed by atoms with Gasteiger partial charge in [0.1, 0.15) is 5.54 Å². The summed E-state index contributed by atoms with van der Waals surface area (Å²) in [5.41, 5.74) is 6.65. The molecule has 10 heteroatoms. The van der Waals surface area contributed by atoms with Gasteiger partial charge in [-0.2, -0.15) is 0 Å². The predicted molar refractivity (Wildman–Crippen MR) is 116 cm³/mol. The molecular formula is C20H33BN4O5. The maximum absolute atomic E-state index is 12.0.